The molecule has 0 spiro atoms. The van der Waals surface area contributed by atoms with Gasteiger partial charge in [-0.05, 0) is 66.4 Å². The summed E-state index contributed by atoms with van der Waals surface area (Å²) in [5.41, 5.74) is 3.55. The zero-order valence-electron chi connectivity index (χ0n) is 20.4. The van der Waals surface area contributed by atoms with E-state index in [-0.39, 0.29) is 11.3 Å². The Kier molecular flexibility index (Phi) is 6.05. The Bertz CT molecular complexity index is 1520. The lowest BCUT2D eigenvalue weighted by atomic mass is 9.97. The first-order chi connectivity index (χ1) is 17.3. The number of ether oxygens (including phenoxy) is 1. The minimum absolute atomic E-state index is 0.0228. The molecule has 5 rings (SSSR count). The number of methoxy groups -OCH3 is 1. The molecule has 0 radical (unpaired) electrons. The topological polar surface area (TPSA) is 92.6 Å². The fourth-order valence-corrected chi connectivity index (χ4v) is 5.46. The Balaban J connectivity index is 1.69. The van der Waals surface area contributed by atoms with E-state index in [0.717, 1.165) is 21.3 Å². The van der Waals surface area contributed by atoms with Gasteiger partial charge in [0.05, 0.1) is 28.6 Å². The Morgan fingerprint density at radius 1 is 1.11 bits per heavy atom. The van der Waals surface area contributed by atoms with Gasteiger partial charge in [-0.15, -0.1) is 0 Å². The third-order valence-electron chi connectivity index (χ3n) is 6.35. The van der Waals surface area contributed by atoms with Crippen LogP contribution in [0.1, 0.15) is 48.2 Å². The molecule has 4 aromatic rings. The number of pyridine rings is 1. The van der Waals surface area contributed by atoms with Crippen molar-refractivity contribution in [2.75, 3.05) is 12.0 Å². The highest BCUT2D eigenvalue weighted by Crippen LogP contribution is 2.44. The summed E-state index contributed by atoms with van der Waals surface area (Å²) < 4.78 is 6.24. The van der Waals surface area contributed by atoms with E-state index in [4.69, 9.17) is 4.74 Å². The molecule has 36 heavy (non-hydrogen) atoms. The molecular weight excluding hydrogens is 474 g/mol. The lowest BCUT2D eigenvalue weighted by molar-refractivity contribution is -0.132. The molecule has 1 aliphatic heterocycles. The summed E-state index contributed by atoms with van der Waals surface area (Å²) in [7, 11) is 1.57. The fraction of sp³-hybridized carbons (Fsp3) is 0.214. The van der Waals surface area contributed by atoms with E-state index in [2.05, 4.69) is 29.9 Å². The van der Waals surface area contributed by atoms with Crippen LogP contribution in [0.25, 0.3) is 16.0 Å². The first-order valence-corrected chi connectivity index (χ1v) is 12.4. The maximum atomic E-state index is 13.4. The highest BCUT2D eigenvalue weighted by Gasteiger charge is 2.48. The second kappa shape index (κ2) is 9.20. The molecule has 0 bridgehead atoms. The van der Waals surface area contributed by atoms with Crippen molar-refractivity contribution in [3.05, 3.63) is 88.8 Å². The van der Waals surface area contributed by atoms with Gasteiger partial charge in [0.1, 0.15) is 17.6 Å². The molecule has 1 aliphatic rings. The molecule has 8 heteroatoms. The molecule has 1 amide bonds. The molecule has 1 fully saturated rings. The summed E-state index contributed by atoms with van der Waals surface area (Å²) in [6.45, 7) is 6.07. The van der Waals surface area contributed by atoms with Crippen LogP contribution in [0.3, 0.4) is 0 Å². The number of carbonyl (C=O) groups is 2. The van der Waals surface area contributed by atoms with Gasteiger partial charge in [-0.2, -0.15) is 0 Å². The predicted octanol–water partition coefficient (Wildman–Crippen LogP) is 5.76. The number of carbonyl (C=O) groups excluding carboxylic acids is 2. The maximum absolute atomic E-state index is 13.4. The Morgan fingerprint density at radius 2 is 1.92 bits per heavy atom. The van der Waals surface area contributed by atoms with Gasteiger partial charge in [0, 0.05) is 11.8 Å². The number of anilines is 1. The Morgan fingerprint density at radius 3 is 2.58 bits per heavy atom. The van der Waals surface area contributed by atoms with Crippen LogP contribution < -0.4 is 9.64 Å². The average molecular weight is 500 g/mol. The van der Waals surface area contributed by atoms with Gasteiger partial charge in [0.15, 0.2) is 5.13 Å². The summed E-state index contributed by atoms with van der Waals surface area (Å²) in [5, 5.41) is 11.7. The molecule has 1 atom stereocenters. The quantitative estimate of drug-likeness (QED) is 0.213. The molecule has 1 N–H and O–H groups in total. The summed E-state index contributed by atoms with van der Waals surface area (Å²) in [6, 6.07) is 15.5. The summed E-state index contributed by atoms with van der Waals surface area (Å²) in [5.74, 6) is -0.793. The van der Waals surface area contributed by atoms with Crippen LogP contribution in [-0.4, -0.2) is 33.9 Å². The second-order valence-electron chi connectivity index (χ2n) is 8.99. The number of aromatic nitrogens is 2. The highest BCUT2D eigenvalue weighted by atomic mass is 32.1. The standard InChI is InChI=1S/C28H25N3O4S/c1-15(2)17-8-10-19-22(14-17)36-28(30-19)31-24(20-7-5-6-12-29-20)23(26(33)27(31)34)25(32)18-9-11-21(35-4)16(3)13-18/h5-15,24,32H,1-4H3/b25-23+. The average Bonchev–Trinajstić information content (AvgIpc) is 3.41. The van der Waals surface area contributed by atoms with E-state index >= 15 is 0 Å². The van der Waals surface area contributed by atoms with E-state index < -0.39 is 17.7 Å². The number of amides is 1. The SMILES string of the molecule is COc1ccc(/C(O)=C2\C(=O)C(=O)N(c3nc4ccc(C(C)C)cc4s3)C2c2ccccn2)cc1C. The van der Waals surface area contributed by atoms with Crippen molar-refractivity contribution >= 4 is 44.1 Å². The zero-order valence-corrected chi connectivity index (χ0v) is 21.2. The van der Waals surface area contributed by atoms with Crippen LogP contribution in [0.5, 0.6) is 5.75 Å². The minimum Gasteiger partial charge on any atom is -0.507 e. The first-order valence-electron chi connectivity index (χ1n) is 11.6. The number of benzene rings is 2. The van der Waals surface area contributed by atoms with Crippen LogP contribution in [0.15, 0.2) is 66.4 Å². The number of fused-ring (bicyclic) bond motifs is 1. The lowest BCUT2D eigenvalue weighted by Crippen LogP contribution is -2.29. The van der Waals surface area contributed by atoms with Gasteiger partial charge in [0.2, 0.25) is 0 Å². The van der Waals surface area contributed by atoms with Crippen molar-refractivity contribution in [1.82, 2.24) is 9.97 Å². The number of ketones is 1. The van der Waals surface area contributed by atoms with Gasteiger partial charge in [-0.3, -0.25) is 19.5 Å². The Hall–Kier alpha value is -4.04. The molecule has 3 heterocycles. The van der Waals surface area contributed by atoms with Crippen molar-refractivity contribution in [2.24, 2.45) is 0 Å². The number of nitrogens with zero attached hydrogens (tertiary/aromatic N) is 3. The third kappa shape index (κ3) is 3.93. The van der Waals surface area contributed by atoms with Crippen molar-refractivity contribution in [3.8, 4) is 5.75 Å². The molecule has 0 saturated carbocycles. The molecule has 2 aromatic carbocycles. The number of aryl methyl sites for hydroxylation is 1. The number of hydrogen-bond acceptors (Lipinski definition) is 7. The normalized spacial score (nSPS) is 17.4. The van der Waals surface area contributed by atoms with Gasteiger partial charge < -0.3 is 9.84 Å². The molecule has 0 aliphatic carbocycles. The molecule has 1 unspecified atom stereocenters. The third-order valence-corrected chi connectivity index (χ3v) is 7.37. The Labute approximate surface area is 212 Å². The van der Waals surface area contributed by atoms with Gasteiger partial charge in [-0.25, -0.2) is 4.98 Å². The summed E-state index contributed by atoms with van der Waals surface area (Å²) >= 11 is 1.34. The van der Waals surface area contributed by atoms with E-state index in [0.29, 0.717) is 28.1 Å². The minimum atomic E-state index is -0.918. The van der Waals surface area contributed by atoms with E-state index in [9.17, 15) is 14.7 Å². The van der Waals surface area contributed by atoms with Crippen molar-refractivity contribution in [2.45, 2.75) is 32.7 Å². The number of aliphatic hydroxyl groups excluding tert-OH is 1. The number of Topliss-reactive ketones (excluding diaryl/α,β-unsaturated/α-hetero) is 1. The van der Waals surface area contributed by atoms with Crippen LogP contribution >= 0.6 is 11.3 Å². The van der Waals surface area contributed by atoms with Crippen LogP contribution in [0.4, 0.5) is 5.13 Å². The van der Waals surface area contributed by atoms with Crippen LogP contribution in [-0.2, 0) is 9.59 Å². The van der Waals surface area contributed by atoms with Crippen molar-refractivity contribution in [3.63, 3.8) is 0 Å². The number of aliphatic hydroxyl groups is 1. The molecule has 7 nitrogen and oxygen atoms in total. The molecular formula is C28H25N3O4S. The zero-order chi connectivity index (χ0) is 25.6. The first kappa shape index (κ1) is 23.7. The number of rotatable bonds is 5. The van der Waals surface area contributed by atoms with Crippen molar-refractivity contribution in [1.29, 1.82) is 0 Å². The fourth-order valence-electron chi connectivity index (χ4n) is 4.42. The van der Waals surface area contributed by atoms with Gasteiger partial charge in [-0.1, -0.05) is 37.3 Å². The van der Waals surface area contributed by atoms with Gasteiger partial charge >= 0.3 is 5.91 Å². The van der Waals surface area contributed by atoms with E-state index in [1.807, 2.05) is 19.1 Å². The molecule has 182 valence electrons. The smallest absolute Gasteiger partial charge is 0.301 e. The number of hydrogen-bond donors (Lipinski definition) is 1. The van der Waals surface area contributed by atoms with E-state index in [1.165, 1.54) is 16.2 Å². The highest BCUT2D eigenvalue weighted by molar-refractivity contribution is 7.22. The predicted molar refractivity (Wildman–Crippen MR) is 140 cm³/mol. The van der Waals surface area contributed by atoms with Crippen LogP contribution in [0, 0.1) is 6.92 Å². The van der Waals surface area contributed by atoms with Crippen LogP contribution in [0.2, 0.25) is 0 Å². The lowest BCUT2D eigenvalue weighted by Gasteiger charge is -2.22. The van der Waals surface area contributed by atoms with E-state index in [1.54, 1.807) is 49.7 Å². The molecule has 1 saturated heterocycles. The van der Waals surface area contributed by atoms with Crippen molar-refractivity contribution < 1.29 is 19.4 Å². The largest absolute Gasteiger partial charge is 0.507 e. The summed E-state index contributed by atoms with van der Waals surface area (Å²) in [6.07, 6.45) is 1.60. The summed E-state index contributed by atoms with van der Waals surface area (Å²) in [4.78, 5) is 37.2. The second-order valence-corrected chi connectivity index (χ2v) is 10.00. The number of thiazole rings is 1. The molecule has 2 aromatic heterocycles. The monoisotopic (exact) mass is 499 g/mol. The van der Waals surface area contributed by atoms with Gasteiger partial charge in [0.25, 0.3) is 5.78 Å². The maximum Gasteiger partial charge on any atom is 0.301 e.